The lowest BCUT2D eigenvalue weighted by molar-refractivity contribution is 0.0695. The summed E-state index contributed by atoms with van der Waals surface area (Å²) in [7, 11) is 0. The third-order valence-electron chi connectivity index (χ3n) is 2.88. The van der Waals surface area contributed by atoms with Crippen LogP contribution in [0.4, 0.5) is 0 Å². The van der Waals surface area contributed by atoms with Crippen LogP contribution in [0.5, 0.6) is 5.75 Å². The number of phenolic OH excluding ortho intramolecular Hbond substituents is 1. The molecule has 1 amide bonds. The summed E-state index contributed by atoms with van der Waals surface area (Å²) in [6, 6.07) is 9.44. The highest BCUT2D eigenvalue weighted by atomic mass is 16.4. The van der Waals surface area contributed by atoms with Crippen molar-refractivity contribution < 1.29 is 19.8 Å². The monoisotopic (exact) mass is 286 g/mol. The summed E-state index contributed by atoms with van der Waals surface area (Å²) in [5.74, 6) is -1.24. The molecular formula is C15H14N2O4. The van der Waals surface area contributed by atoms with Crippen LogP contribution in [-0.2, 0) is 6.42 Å². The van der Waals surface area contributed by atoms with Crippen molar-refractivity contribution in [3.8, 4) is 5.75 Å². The van der Waals surface area contributed by atoms with E-state index in [1.165, 1.54) is 12.1 Å². The molecule has 0 bridgehead atoms. The van der Waals surface area contributed by atoms with Crippen LogP contribution >= 0.6 is 0 Å². The lowest BCUT2D eigenvalue weighted by Gasteiger charge is -2.05. The number of carbonyl (C=O) groups is 2. The van der Waals surface area contributed by atoms with Crippen LogP contribution < -0.4 is 5.32 Å². The molecular weight excluding hydrogens is 272 g/mol. The molecule has 0 spiro atoms. The highest BCUT2D eigenvalue weighted by Crippen LogP contribution is 2.09. The Kier molecular flexibility index (Phi) is 4.50. The van der Waals surface area contributed by atoms with Gasteiger partial charge in [0.15, 0.2) is 0 Å². The van der Waals surface area contributed by atoms with Gasteiger partial charge in [-0.2, -0.15) is 0 Å². The Morgan fingerprint density at radius 2 is 1.81 bits per heavy atom. The molecule has 2 aromatic rings. The molecule has 2 rings (SSSR count). The van der Waals surface area contributed by atoms with Gasteiger partial charge in [-0.05, 0) is 36.2 Å². The van der Waals surface area contributed by atoms with Gasteiger partial charge in [0.1, 0.15) is 11.4 Å². The number of aromatic hydroxyl groups is 1. The van der Waals surface area contributed by atoms with Crippen molar-refractivity contribution in [2.75, 3.05) is 6.54 Å². The van der Waals surface area contributed by atoms with Crippen LogP contribution in [0.2, 0.25) is 0 Å². The van der Waals surface area contributed by atoms with Crippen molar-refractivity contribution in [3.63, 3.8) is 0 Å². The molecule has 1 heterocycles. The van der Waals surface area contributed by atoms with E-state index in [4.69, 9.17) is 10.2 Å². The Morgan fingerprint density at radius 1 is 1.10 bits per heavy atom. The first-order valence-electron chi connectivity index (χ1n) is 6.32. The number of carboxylic acids is 1. The van der Waals surface area contributed by atoms with E-state index in [0.29, 0.717) is 13.0 Å². The average Bonchev–Trinajstić information content (AvgIpc) is 2.49. The average molecular weight is 286 g/mol. The van der Waals surface area contributed by atoms with Crippen LogP contribution in [0.15, 0.2) is 42.6 Å². The number of hydrogen-bond donors (Lipinski definition) is 3. The number of carbonyl (C=O) groups excluding carboxylic acids is 1. The number of nitrogens with zero attached hydrogens (tertiary/aromatic N) is 1. The SMILES string of the molecule is O=C(O)c1ccc(C(=O)NCCc2ccc(O)cc2)nc1. The predicted octanol–water partition coefficient (Wildman–Crippen LogP) is 1.46. The highest BCUT2D eigenvalue weighted by molar-refractivity contribution is 5.93. The Bertz CT molecular complexity index is 636. The molecule has 3 N–H and O–H groups in total. The number of aromatic carboxylic acids is 1. The third-order valence-corrected chi connectivity index (χ3v) is 2.88. The Hall–Kier alpha value is -2.89. The molecule has 0 saturated carbocycles. The van der Waals surface area contributed by atoms with E-state index in [9.17, 15) is 9.59 Å². The van der Waals surface area contributed by atoms with E-state index in [1.54, 1.807) is 24.3 Å². The van der Waals surface area contributed by atoms with Gasteiger partial charge >= 0.3 is 5.97 Å². The zero-order chi connectivity index (χ0) is 15.2. The van der Waals surface area contributed by atoms with E-state index >= 15 is 0 Å². The van der Waals surface area contributed by atoms with Crippen molar-refractivity contribution in [1.82, 2.24) is 10.3 Å². The van der Waals surface area contributed by atoms with Crippen molar-refractivity contribution in [2.45, 2.75) is 6.42 Å². The highest BCUT2D eigenvalue weighted by Gasteiger charge is 2.08. The first-order chi connectivity index (χ1) is 10.1. The van der Waals surface area contributed by atoms with Crippen LogP contribution in [0.25, 0.3) is 0 Å². The first-order valence-corrected chi connectivity index (χ1v) is 6.32. The minimum Gasteiger partial charge on any atom is -0.508 e. The number of carboxylic acid groups (broad SMARTS) is 1. The molecule has 6 heteroatoms. The molecule has 1 aromatic heterocycles. The number of rotatable bonds is 5. The fraction of sp³-hybridized carbons (Fsp3) is 0.133. The fourth-order valence-corrected chi connectivity index (χ4v) is 1.73. The van der Waals surface area contributed by atoms with Gasteiger partial charge in [0.05, 0.1) is 5.56 Å². The van der Waals surface area contributed by atoms with Crippen molar-refractivity contribution >= 4 is 11.9 Å². The Labute approximate surface area is 121 Å². The molecule has 0 radical (unpaired) electrons. The summed E-state index contributed by atoms with van der Waals surface area (Å²) in [6.45, 7) is 0.423. The smallest absolute Gasteiger partial charge is 0.337 e. The summed E-state index contributed by atoms with van der Waals surface area (Å²) >= 11 is 0. The van der Waals surface area contributed by atoms with Gasteiger partial charge in [-0.25, -0.2) is 4.79 Å². The van der Waals surface area contributed by atoms with Gasteiger partial charge in [-0.3, -0.25) is 9.78 Å². The topological polar surface area (TPSA) is 99.5 Å². The van der Waals surface area contributed by atoms with Crippen LogP contribution in [0.3, 0.4) is 0 Å². The second-order valence-electron chi connectivity index (χ2n) is 4.41. The van der Waals surface area contributed by atoms with Crippen LogP contribution in [0.1, 0.15) is 26.4 Å². The number of aromatic nitrogens is 1. The maximum absolute atomic E-state index is 11.8. The minimum atomic E-state index is -1.08. The Morgan fingerprint density at radius 3 is 2.38 bits per heavy atom. The largest absolute Gasteiger partial charge is 0.508 e. The molecule has 0 aliphatic rings. The molecule has 0 fully saturated rings. The van der Waals surface area contributed by atoms with Gasteiger partial charge < -0.3 is 15.5 Å². The normalized spacial score (nSPS) is 10.1. The molecule has 0 saturated heterocycles. The van der Waals surface area contributed by atoms with Crippen LogP contribution in [-0.4, -0.2) is 33.6 Å². The summed E-state index contributed by atoms with van der Waals surface area (Å²) in [5, 5.41) is 20.6. The van der Waals surface area contributed by atoms with Crippen LogP contribution in [0, 0.1) is 0 Å². The van der Waals surface area contributed by atoms with Gasteiger partial charge in [0.2, 0.25) is 0 Å². The quantitative estimate of drug-likeness (QED) is 0.772. The predicted molar refractivity (Wildman–Crippen MR) is 75.3 cm³/mol. The maximum Gasteiger partial charge on any atom is 0.337 e. The van der Waals surface area contributed by atoms with E-state index in [-0.39, 0.29) is 22.9 Å². The molecule has 108 valence electrons. The lowest BCUT2D eigenvalue weighted by Crippen LogP contribution is -2.26. The molecule has 0 atom stereocenters. The van der Waals surface area contributed by atoms with E-state index in [0.717, 1.165) is 11.8 Å². The minimum absolute atomic E-state index is 0.0376. The maximum atomic E-state index is 11.8. The van der Waals surface area contributed by atoms with Crippen molar-refractivity contribution in [1.29, 1.82) is 0 Å². The Balaban J connectivity index is 1.86. The number of phenols is 1. The second-order valence-corrected chi connectivity index (χ2v) is 4.41. The van der Waals surface area contributed by atoms with Crippen molar-refractivity contribution in [3.05, 3.63) is 59.4 Å². The number of amides is 1. The standard InChI is InChI=1S/C15H14N2O4/c18-12-4-1-10(2-5-12)7-8-16-14(19)13-6-3-11(9-17-13)15(20)21/h1-6,9,18H,7-8H2,(H,16,19)(H,20,21). The zero-order valence-electron chi connectivity index (χ0n) is 11.1. The van der Waals surface area contributed by atoms with Gasteiger partial charge in [0.25, 0.3) is 5.91 Å². The summed E-state index contributed by atoms with van der Waals surface area (Å²) < 4.78 is 0. The fourth-order valence-electron chi connectivity index (χ4n) is 1.73. The number of pyridine rings is 1. The van der Waals surface area contributed by atoms with E-state index in [1.807, 2.05) is 0 Å². The van der Waals surface area contributed by atoms with E-state index in [2.05, 4.69) is 10.3 Å². The molecule has 0 aliphatic carbocycles. The number of benzene rings is 1. The summed E-state index contributed by atoms with van der Waals surface area (Å²) in [4.78, 5) is 26.3. The zero-order valence-corrected chi connectivity index (χ0v) is 11.1. The molecule has 0 unspecified atom stereocenters. The van der Waals surface area contributed by atoms with E-state index < -0.39 is 5.97 Å². The molecule has 6 nitrogen and oxygen atoms in total. The lowest BCUT2D eigenvalue weighted by atomic mass is 10.1. The number of nitrogens with one attached hydrogen (secondary N) is 1. The van der Waals surface area contributed by atoms with Gasteiger partial charge in [-0.1, -0.05) is 12.1 Å². The number of hydrogen-bond acceptors (Lipinski definition) is 4. The van der Waals surface area contributed by atoms with Gasteiger partial charge in [0, 0.05) is 12.7 Å². The molecule has 1 aromatic carbocycles. The first kappa shape index (κ1) is 14.5. The summed E-state index contributed by atoms with van der Waals surface area (Å²) in [5.41, 5.74) is 1.20. The van der Waals surface area contributed by atoms with Gasteiger partial charge in [-0.15, -0.1) is 0 Å². The molecule has 0 aliphatic heterocycles. The summed E-state index contributed by atoms with van der Waals surface area (Å²) in [6.07, 6.45) is 1.77. The third kappa shape index (κ3) is 4.04. The second kappa shape index (κ2) is 6.51. The molecule has 21 heavy (non-hydrogen) atoms. The van der Waals surface area contributed by atoms with Crippen molar-refractivity contribution in [2.24, 2.45) is 0 Å².